The zero-order chi connectivity index (χ0) is 10.3. The molecule has 0 fully saturated rings. The first-order valence-corrected chi connectivity index (χ1v) is 5.04. The highest BCUT2D eigenvalue weighted by Gasteiger charge is 2.14. The van der Waals surface area contributed by atoms with Crippen LogP contribution in [0.15, 0.2) is 0 Å². The molecule has 2 unspecified atom stereocenters. The fourth-order valence-electron chi connectivity index (χ4n) is 1.37. The van der Waals surface area contributed by atoms with Crippen LogP contribution in [0.4, 0.5) is 0 Å². The lowest BCUT2D eigenvalue weighted by atomic mass is 10.1. The fraction of sp³-hybridized carbons (Fsp3) is 1.00. The normalized spacial score (nSPS) is 16.2. The summed E-state index contributed by atoms with van der Waals surface area (Å²) < 4.78 is 5.05. The van der Waals surface area contributed by atoms with Crippen LogP contribution in [-0.4, -0.2) is 44.3 Å². The standard InChI is InChI=1S/C10H24N2O/c1-9(5-7-11)12(3)10(2)6-8-13-4/h9-10H,5-8,11H2,1-4H3. The molecular weight excluding hydrogens is 164 g/mol. The molecule has 0 aromatic carbocycles. The summed E-state index contributed by atoms with van der Waals surface area (Å²) in [6.45, 7) is 6.05. The monoisotopic (exact) mass is 188 g/mol. The van der Waals surface area contributed by atoms with E-state index in [1.54, 1.807) is 7.11 Å². The third kappa shape index (κ3) is 5.24. The molecule has 0 heterocycles. The predicted octanol–water partition coefficient (Wildman–Crippen LogP) is 1.08. The zero-order valence-corrected chi connectivity index (χ0v) is 9.42. The lowest BCUT2D eigenvalue weighted by molar-refractivity contribution is 0.130. The molecule has 0 aromatic rings. The first-order chi connectivity index (χ1) is 6.13. The minimum atomic E-state index is 0.567. The average Bonchev–Trinajstić information content (AvgIpc) is 2.13. The van der Waals surface area contributed by atoms with E-state index in [0.29, 0.717) is 12.1 Å². The van der Waals surface area contributed by atoms with Gasteiger partial charge in [0.1, 0.15) is 0 Å². The van der Waals surface area contributed by atoms with Crippen LogP contribution in [-0.2, 0) is 4.74 Å². The number of nitrogens with two attached hydrogens (primary N) is 1. The quantitative estimate of drug-likeness (QED) is 0.650. The van der Waals surface area contributed by atoms with Crippen molar-refractivity contribution in [3.05, 3.63) is 0 Å². The van der Waals surface area contributed by atoms with Gasteiger partial charge in [0.15, 0.2) is 0 Å². The third-order valence-electron chi connectivity index (χ3n) is 2.71. The highest BCUT2D eigenvalue weighted by atomic mass is 16.5. The molecular formula is C10H24N2O. The van der Waals surface area contributed by atoms with E-state index < -0.39 is 0 Å². The number of ether oxygens (including phenoxy) is 1. The van der Waals surface area contributed by atoms with Crippen molar-refractivity contribution in [3.63, 3.8) is 0 Å². The van der Waals surface area contributed by atoms with E-state index in [9.17, 15) is 0 Å². The van der Waals surface area contributed by atoms with Crippen LogP contribution in [0.3, 0.4) is 0 Å². The summed E-state index contributed by atoms with van der Waals surface area (Å²) in [6.07, 6.45) is 2.15. The van der Waals surface area contributed by atoms with Gasteiger partial charge in [-0.15, -0.1) is 0 Å². The van der Waals surface area contributed by atoms with Crippen molar-refractivity contribution >= 4 is 0 Å². The van der Waals surface area contributed by atoms with Crippen LogP contribution in [0.5, 0.6) is 0 Å². The van der Waals surface area contributed by atoms with E-state index in [1.165, 1.54) is 0 Å². The Morgan fingerprint density at radius 2 is 1.77 bits per heavy atom. The Kier molecular flexibility index (Phi) is 7.23. The minimum Gasteiger partial charge on any atom is -0.385 e. The second-order valence-corrected chi connectivity index (χ2v) is 3.72. The molecule has 0 rings (SSSR count). The molecule has 0 amide bonds. The summed E-state index contributed by atoms with van der Waals surface area (Å²) in [5.74, 6) is 0. The molecule has 0 spiro atoms. The van der Waals surface area contributed by atoms with Gasteiger partial charge in [-0.1, -0.05) is 0 Å². The Hall–Kier alpha value is -0.120. The molecule has 0 bridgehead atoms. The van der Waals surface area contributed by atoms with Crippen molar-refractivity contribution in [2.45, 2.75) is 38.8 Å². The molecule has 2 atom stereocenters. The van der Waals surface area contributed by atoms with E-state index in [4.69, 9.17) is 10.5 Å². The van der Waals surface area contributed by atoms with Gasteiger partial charge >= 0.3 is 0 Å². The number of hydrogen-bond donors (Lipinski definition) is 1. The van der Waals surface area contributed by atoms with Gasteiger partial charge in [-0.05, 0) is 40.3 Å². The first kappa shape index (κ1) is 12.9. The number of nitrogens with zero attached hydrogens (tertiary/aromatic N) is 1. The maximum Gasteiger partial charge on any atom is 0.0477 e. The van der Waals surface area contributed by atoms with Crippen LogP contribution in [0.2, 0.25) is 0 Å². The van der Waals surface area contributed by atoms with Gasteiger partial charge in [-0.2, -0.15) is 0 Å². The van der Waals surface area contributed by atoms with Gasteiger partial charge < -0.3 is 15.4 Å². The van der Waals surface area contributed by atoms with Crippen LogP contribution in [0.25, 0.3) is 0 Å². The SMILES string of the molecule is COCCC(C)N(C)C(C)CCN. The summed E-state index contributed by atoms with van der Waals surface area (Å²) in [5.41, 5.74) is 5.52. The second-order valence-electron chi connectivity index (χ2n) is 3.72. The maximum absolute atomic E-state index is 5.52. The highest BCUT2D eigenvalue weighted by Crippen LogP contribution is 2.08. The molecule has 0 aliphatic heterocycles. The smallest absolute Gasteiger partial charge is 0.0477 e. The van der Waals surface area contributed by atoms with Crippen molar-refractivity contribution in [2.75, 3.05) is 27.3 Å². The van der Waals surface area contributed by atoms with Gasteiger partial charge in [0.05, 0.1) is 0 Å². The van der Waals surface area contributed by atoms with Gasteiger partial charge in [0.2, 0.25) is 0 Å². The van der Waals surface area contributed by atoms with E-state index in [1.807, 2.05) is 0 Å². The summed E-state index contributed by atoms with van der Waals surface area (Å²) in [4.78, 5) is 2.37. The molecule has 3 nitrogen and oxygen atoms in total. The van der Waals surface area contributed by atoms with E-state index in [2.05, 4.69) is 25.8 Å². The number of hydrogen-bond acceptors (Lipinski definition) is 3. The van der Waals surface area contributed by atoms with Crippen LogP contribution in [0.1, 0.15) is 26.7 Å². The molecule has 0 saturated carbocycles. The van der Waals surface area contributed by atoms with Crippen LogP contribution in [0, 0.1) is 0 Å². The number of rotatable bonds is 7. The zero-order valence-electron chi connectivity index (χ0n) is 9.42. The Morgan fingerprint density at radius 1 is 1.23 bits per heavy atom. The minimum absolute atomic E-state index is 0.567. The lowest BCUT2D eigenvalue weighted by Gasteiger charge is -2.30. The van der Waals surface area contributed by atoms with Crippen molar-refractivity contribution in [1.29, 1.82) is 0 Å². The molecule has 0 saturated heterocycles. The van der Waals surface area contributed by atoms with Gasteiger partial charge in [-0.3, -0.25) is 0 Å². The van der Waals surface area contributed by atoms with Crippen molar-refractivity contribution in [2.24, 2.45) is 5.73 Å². The highest BCUT2D eigenvalue weighted by molar-refractivity contribution is 4.70. The van der Waals surface area contributed by atoms with Crippen molar-refractivity contribution in [1.82, 2.24) is 4.90 Å². The summed E-state index contributed by atoms with van der Waals surface area (Å²) in [6, 6.07) is 1.14. The Bertz CT molecular complexity index is 119. The molecule has 3 heteroatoms. The molecule has 13 heavy (non-hydrogen) atoms. The molecule has 2 N–H and O–H groups in total. The molecule has 0 radical (unpaired) electrons. The Labute approximate surface area is 82.2 Å². The fourth-order valence-corrected chi connectivity index (χ4v) is 1.37. The van der Waals surface area contributed by atoms with Crippen molar-refractivity contribution < 1.29 is 4.74 Å². The average molecular weight is 188 g/mol. The topological polar surface area (TPSA) is 38.5 Å². The van der Waals surface area contributed by atoms with E-state index in [0.717, 1.165) is 26.0 Å². The van der Waals surface area contributed by atoms with Gasteiger partial charge in [0.25, 0.3) is 0 Å². The van der Waals surface area contributed by atoms with E-state index in [-0.39, 0.29) is 0 Å². The number of methoxy groups -OCH3 is 1. The second kappa shape index (κ2) is 7.30. The van der Waals surface area contributed by atoms with Gasteiger partial charge in [0, 0.05) is 25.8 Å². The summed E-state index contributed by atoms with van der Waals surface area (Å²) in [5, 5.41) is 0. The van der Waals surface area contributed by atoms with Crippen LogP contribution < -0.4 is 5.73 Å². The molecule has 0 aromatic heterocycles. The van der Waals surface area contributed by atoms with Crippen LogP contribution >= 0.6 is 0 Å². The van der Waals surface area contributed by atoms with E-state index >= 15 is 0 Å². The first-order valence-electron chi connectivity index (χ1n) is 5.04. The summed E-state index contributed by atoms with van der Waals surface area (Å²) >= 11 is 0. The molecule has 80 valence electrons. The summed E-state index contributed by atoms with van der Waals surface area (Å²) in [7, 11) is 3.90. The Balaban J connectivity index is 3.71. The molecule has 0 aliphatic rings. The predicted molar refractivity (Wildman–Crippen MR) is 56.9 cm³/mol. The largest absolute Gasteiger partial charge is 0.385 e. The maximum atomic E-state index is 5.52. The molecule has 0 aliphatic carbocycles. The third-order valence-corrected chi connectivity index (χ3v) is 2.71. The van der Waals surface area contributed by atoms with Crippen molar-refractivity contribution in [3.8, 4) is 0 Å². The van der Waals surface area contributed by atoms with Gasteiger partial charge in [-0.25, -0.2) is 0 Å². The lowest BCUT2D eigenvalue weighted by Crippen LogP contribution is -2.38. The Morgan fingerprint density at radius 3 is 2.23 bits per heavy atom.